The molecular formula is C23H34N4O3. The third-order valence-corrected chi connectivity index (χ3v) is 7.05. The van der Waals surface area contributed by atoms with Gasteiger partial charge >= 0.3 is 0 Å². The Morgan fingerprint density at radius 1 is 1.10 bits per heavy atom. The van der Waals surface area contributed by atoms with Gasteiger partial charge in [0, 0.05) is 55.9 Å². The van der Waals surface area contributed by atoms with Crippen LogP contribution in [0.25, 0.3) is 0 Å². The average molecular weight is 415 g/mol. The van der Waals surface area contributed by atoms with Crippen LogP contribution in [-0.4, -0.2) is 57.8 Å². The molecule has 164 valence electrons. The molecule has 3 aliphatic rings. The van der Waals surface area contributed by atoms with Crippen LogP contribution < -0.4 is 5.56 Å². The lowest BCUT2D eigenvalue weighted by Gasteiger charge is -2.34. The van der Waals surface area contributed by atoms with E-state index in [0.717, 1.165) is 50.2 Å². The summed E-state index contributed by atoms with van der Waals surface area (Å²) in [6.45, 7) is 8.89. The van der Waals surface area contributed by atoms with Crippen molar-refractivity contribution in [2.24, 2.45) is 17.8 Å². The van der Waals surface area contributed by atoms with Gasteiger partial charge in [0.25, 0.3) is 5.56 Å². The minimum absolute atomic E-state index is 0.0124. The summed E-state index contributed by atoms with van der Waals surface area (Å²) in [5.74, 6) is 2.23. The highest BCUT2D eigenvalue weighted by Crippen LogP contribution is 2.40. The van der Waals surface area contributed by atoms with Crippen LogP contribution in [0.1, 0.15) is 76.2 Å². The summed E-state index contributed by atoms with van der Waals surface area (Å²) in [6, 6.07) is 1.61. The average Bonchev–Trinajstić information content (AvgIpc) is 3.49. The third-order valence-electron chi connectivity index (χ3n) is 7.05. The molecule has 2 amide bonds. The Kier molecular flexibility index (Phi) is 5.98. The minimum atomic E-state index is -0.116. The summed E-state index contributed by atoms with van der Waals surface area (Å²) in [6.07, 6.45) is 4.56. The zero-order valence-electron chi connectivity index (χ0n) is 18.4. The first-order valence-corrected chi connectivity index (χ1v) is 11.5. The summed E-state index contributed by atoms with van der Waals surface area (Å²) in [5, 5.41) is 0. The van der Waals surface area contributed by atoms with E-state index < -0.39 is 0 Å². The van der Waals surface area contributed by atoms with Crippen LogP contribution >= 0.6 is 0 Å². The first-order valence-electron chi connectivity index (χ1n) is 11.5. The summed E-state index contributed by atoms with van der Waals surface area (Å²) < 4.78 is 0. The summed E-state index contributed by atoms with van der Waals surface area (Å²) in [7, 11) is 0. The van der Waals surface area contributed by atoms with Crippen LogP contribution in [0.5, 0.6) is 0 Å². The van der Waals surface area contributed by atoms with Crippen molar-refractivity contribution in [2.75, 3.05) is 26.2 Å². The molecule has 1 aliphatic carbocycles. The van der Waals surface area contributed by atoms with E-state index in [4.69, 9.17) is 4.98 Å². The van der Waals surface area contributed by atoms with Gasteiger partial charge in [-0.2, -0.15) is 0 Å². The Balaban J connectivity index is 1.44. The molecule has 3 atom stereocenters. The number of hydrogen-bond donors (Lipinski definition) is 1. The molecule has 2 aliphatic heterocycles. The predicted molar refractivity (Wildman–Crippen MR) is 114 cm³/mol. The normalized spacial score (nSPS) is 27.4. The quantitative estimate of drug-likeness (QED) is 0.820. The highest BCUT2D eigenvalue weighted by Gasteiger charge is 2.42. The first-order chi connectivity index (χ1) is 14.3. The molecule has 3 heterocycles. The van der Waals surface area contributed by atoms with Gasteiger partial charge in [0.15, 0.2) is 0 Å². The second kappa shape index (κ2) is 8.52. The molecule has 0 spiro atoms. The number of likely N-dealkylation sites (tertiary alicyclic amines) is 2. The maximum absolute atomic E-state index is 12.7. The fourth-order valence-electron chi connectivity index (χ4n) is 4.96. The number of hydrogen-bond acceptors (Lipinski definition) is 4. The Bertz CT molecular complexity index is 856. The van der Waals surface area contributed by atoms with E-state index in [1.807, 2.05) is 23.6 Å². The largest absolute Gasteiger partial charge is 0.342 e. The zero-order valence-corrected chi connectivity index (χ0v) is 18.4. The molecule has 1 aromatic heterocycles. The van der Waals surface area contributed by atoms with E-state index in [-0.39, 0.29) is 41.0 Å². The van der Waals surface area contributed by atoms with Crippen molar-refractivity contribution in [1.29, 1.82) is 0 Å². The molecule has 2 saturated heterocycles. The topological polar surface area (TPSA) is 86.4 Å². The predicted octanol–water partition coefficient (Wildman–Crippen LogP) is 2.49. The van der Waals surface area contributed by atoms with Gasteiger partial charge in [-0.3, -0.25) is 14.4 Å². The lowest BCUT2D eigenvalue weighted by molar-refractivity contribution is -0.135. The Morgan fingerprint density at radius 3 is 2.43 bits per heavy atom. The van der Waals surface area contributed by atoms with Crippen molar-refractivity contribution in [3.05, 3.63) is 27.9 Å². The molecule has 7 heteroatoms. The number of nitrogens with one attached hydrogen (secondary N) is 1. The molecule has 0 radical (unpaired) electrons. The summed E-state index contributed by atoms with van der Waals surface area (Å²) >= 11 is 0. The van der Waals surface area contributed by atoms with Crippen LogP contribution in [0, 0.1) is 17.8 Å². The van der Waals surface area contributed by atoms with Gasteiger partial charge in [-0.05, 0) is 38.0 Å². The Morgan fingerprint density at radius 2 is 1.80 bits per heavy atom. The summed E-state index contributed by atoms with van der Waals surface area (Å²) in [5.41, 5.74) is 0.700. The van der Waals surface area contributed by atoms with E-state index in [0.29, 0.717) is 25.6 Å². The Hall–Kier alpha value is -2.18. The second-order valence-corrected chi connectivity index (χ2v) is 9.75. The monoisotopic (exact) mass is 414 g/mol. The molecule has 1 aromatic rings. The molecule has 0 bridgehead atoms. The van der Waals surface area contributed by atoms with Gasteiger partial charge in [-0.15, -0.1) is 0 Å². The lowest BCUT2D eigenvalue weighted by Crippen LogP contribution is -2.41. The van der Waals surface area contributed by atoms with Crippen LogP contribution in [0.3, 0.4) is 0 Å². The maximum Gasteiger partial charge on any atom is 0.251 e. The van der Waals surface area contributed by atoms with E-state index in [1.165, 1.54) is 0 Å². The van der Waals surface area contributed by atoms with Gasteiger partial charge in [-0.1, -0.05) is 20.8 Å². The zero-order chi connectivity index (χ0) is 21.4. The SMILES string of the molecule is CC(C)C(=O)N1CCC(c2nc([C@@H]3CCCN(C(=O)[C@@H]4C[C@@H]4C)C3)cc(=O)[nH]2)CC1. The van der Waals surface area contributed by atoms with Crippen LogP contribution in [0.2, 0.25) is 0 Å². The van der Waals surface area contributed by atoms with Gasteiger partial charge in [0.05, 0.1) is 5.69 Å². The number of aromatic nitrogens is 2. The molecule has 1 saturated carbocycles. The number of H-pyrrole nitrogens is 1. The van der Waals surface area contributed by atoms with E-state index in [9.17, 15) is 14.4 Å². The van der Waals surface area contributed by atoms with Crippen molar-refractivity contribution in [1.82, 2.24) is 19.8 Å². The maximum atomic E-state index is 12.7. The first kappa shape index (κ1) is 21.1. The number of carbonyl (C=O) groups excluding carboxylic acids is 2. The van der Waals surface area contributed by atoms with Gasteiger partial charge in [-0.25, -0.2) is 4.98 Å². The molecule has 30 heavy (non-hydrogen) atoms. The van der Waals surface area contributed by atoms with Crippen molar-refractivity contribution < 1.29 is 9.59 Å². The van der Waals surface area contributed by atoms with Crippen molar-refractivity contribution in [3.63, 3.8) is 0 Å². The molecule has 7 nitrogen and oxygen atoms in total. The highest BCUT2D eigenvalue weighted by atomic mass is 16.2. The number of aromatic amines is 1. The molecule has 0 aromatic carbocycles. The number of rotatable bonds is 4. The minimum Gasteiger partial charge on any atom is -0.342 e. The van der Waals surface area contributed by atoms with Crippen molar-refractivity contribution >= 4 is 11.8 Å². The van der Waals surface area contributed by atoms with Crippen LogP contribution in [0.15, 0.2) is 10.9 Å². The standard InChI is InChI=1S/C23H34N4O3/c1-14(2)22(29)26-9-6-16(7-10-26)21-24-19(12-20(28)25-21)17-5-4-8-27(13-17)23(30)18-11-15(18)3/h12,14-18H,4-11,13H2,1-3H3,(H,24,25,28)/t15-,17+,18+/m0/s1. The van der Waals surface area contributed by atoms with Crippen LogP contribution in [0.4, 0.5) is 0 Å². The summed E-state index contributed by atoms with van der Waals surface area (Å²) in [4.78, 5) is 49.0. The van der Waals surface area contributed by atoms with Crippen molar-refractivity contribution in [2.45, 2.75) is 64.7 Å². The van der Waals surface area contributed by atoms with E-state index in [1.54, 1.807) is 6.07 Å². The molecule has 0 unspecified atom stereocenters. The van der Waals surface area contributed by atoms with Crippen molar-refractivity contribution in [3.8, 4) is 0 Å². The third kappa shape index (κ3) is 4.44. The molecular weight excluding hydrogens is 380 g/mol. The molecule has 3 fully saturated rings. The fourth-order valence-corrected chi connectivity index (χ4v) is 4.96. The van der Waals surface area contributed by atoms with Crippen LogP contribution in [-0.2, 0) is 9.59 Å². The highest BCUT2D eigenvalue weighted by molar-refractivity contribution is 5.81. The Labute approximate surface area is 178 Å². The van der Waals surface area contributed by atoms with E-state index >= 15 is 0 Å². The van der Waals surface area contributed by atoms with Gasteiger partial charge in [0.2, 0.25) is 11.8 Å². The van der Waals surface area contributed by atoms with E-state index in [2.05, 4.69) is 11.9 Å². The number of nitrogens with zero attached hydrogens (tertiary/aromatic N) is 3. The smallest absolute Gasteiger partial charge is 0.251 e. The number of piperidine rings is 2. The number of carbonyl (C=O) groups is 2. The van der Waals surface area contributed by atoms with Gasteiger partial charge in [0.1, 0.15) is 5.82 Å². The second-order valence-electron chi connectivity index (χ2n) is 9.75. The molecule has 1 N–H and O–H groups in total. The van der Waals surface area contributed by atoms with Gasteiger partial charge < -0.3 is 14.8 Å². The molecule has 4 rings (SSSR count). The number of amides is 2. The lowest BCUT2D eigenvalue weighted by atomic mass is 9.92. The fraction of sp³-hybridized carbons (Fsp3) is 0.739.